The number of fused-ring (bicyclic) bond motifs is 1. The quantitative estimate of drug-likeness (QED) is 0.623. The zero-order valence-electron chi connectivity index (χ0n) is 12.4. The summed E-state index contributed by atoms with van der Waals surface area (Å²) in [4.78, 5) is 15.4. The molecule has 6 heteroatoms. The molecule has 1 heterocycles. The summed E-state index contributed by atoms with van der Waals surface area (Å²) in [5, 5.41) is 12.0. The molecule has 1 aromatic carbocycles. The lowest BCUT2D eigenvalue weighted by Crippen LogP contribution is -2.05. The summed E-state index contributed by atoms with van der Waals surface area (Å²) in [6.45, 7) is 5.87. The summed E-state index contributed by atoms with van der Waals surface area (Å²) >= 11 is 6.29. The van der Waals surface area contributed by atoms with Crippen molar-refractivity contribution in [3.8, 4) is 5.75 Å². The molecule has 0 saturated carbocycles. The van der Waals surface area contributed by atoms with Crippen LogP contribution in [0.2, 0.25) is 5.02 Å². The van der Waals surface area contributed by atoms with Crippen molar-refractivity contribution in [2.75, 3.05) is 7.11 Å². The molecule has 0 aliphatic heterocycles. The largest absolute Gasteiger partial charge is 0.497 e. The van der Waals surface area contributed by atoms with Crippen molar-refractivity contribution in [2.24, 2.45) is 5.92 Å². The van der Waals surface area contributed by atoms with E-state index in [2.05, 4.69) is 4.98 Å². The second-order valence-corrected chi connectivity index (χ2v) is 5.79. The molecule has 0 saturated heterocycles. The van der Waals surface area contributed by atoms with Gasteiger partial charge in [0.2, 0.25) is 0 Å². The highest BCUT2D eigenvalue weighted by Gasteiger charge is 2.25. The number of aromatic nitrogens is 1. The maximum absolute atomic E-state index is 11.4. The second kappa shape index (κ2) is 5.85. The van der Waals surface area contributed by atoms with Crippen molar-refractivity contribution in [2.45, 2.75) is 27.2 Å². The van der Waals surface area contributed by atoms with Crippen LogP contribution < -0.4 is 4.74 Å². The Bertz CT molecular complexity index is 714. The minimum atomic E-state index is -0.457. The lowest BCUT2D eigenvalue weighted by molar-refractivity contribution is -0.385. The molecule has 0 aliphatic carbocycles. The molecule has 2 rings (SSSR count). The van der Waals surface area contributed by atoms with Gasteiger partial charge in [-0.3, -0.25) is 10.1 Å². The molecule has 112 valence electrons. The minimum absolute atomic E-state index is 0.106. The molecular weight excluding hydrogens is 292 g/mol. The smallest absolute Gasteiger partial charge is 0.309 e. The topological polar surface area (TPSA) is 65.3 Å². The van der Waals surface area contributed by atoms with E-state index in [-0.39, 0.29) is 16.6 Å². The Labute approximate surface area is 128 Å². The lowest BCUT2D eigenvalue weighted by atomic mass is 10.0. The highest BCUT2D eigenvalue weighted by Crippen LogP contribution is 2.38. The number of pyridine rings is 1. The maximum Gasteiger partial charge on any atom is 0.309 e. The van der Waals surface area contributed by atoms with Crippen LogP contribution >= 0.6 is 11.6 Å². The van der Waals surface area contributed by atoms with Gasteiger partial charge in [0.25, 0.3) is 0 Å². The number of ether oxygens (including phenoxy) is 1. The summed E-state index contributed by atoms with van der Waals surface area (Å²) in [7, 11) is 1.55. The van der Waals surface area contributed by atoms with Gasteiger partial charge in [0.15, 0.2) is 0 Å². The fraction of sp³-hybridized carbons (Fsp3) is 0.400. The third-order valence-corrected chi connectivity index (χ3v) is 3.64. The molecule has 0 aliphatic rings. The van der Waals surface area contributed by atoms with E-state index in [1.54, 1.807) is 13.2 Å². The van der Waals surface area contributed by atoms with Crippen LogP contribution in [-0.4, -0.2) is 17.0 Å². The Hall–Kier alpha value is -1.88. The molecule has 0 radical (unpaired) electrons. The van der Waals surface area contributed by atoms with E-state index in [0.29, 0.717) is 28.8 Å². The summed E-state index contributed by atoms with van der Waals surface area (Å²) in [5.74, 6) is 0.859. The SMILES string of the molecule is COc1cc(C)c2nc(CC(C)C)c([N+](=O)[O-])c(Cl)c2c1. The van der Waals surface area contributed by atoms with E-state index in [1.165, 1.54) is 0 Å². The molecule has 0 atom stereocenters. The van der Waals surface area contributed by atoms with Crippen LogP contribution in [0.4, 0.5) is 5.69 Å². The molecule has 0 bridgehead atoms. The van der Waals surface area contributed by atoms with Gasteiger partial charge in [0.1, 0.15) is 16.5 Å². The molecule has 0 fully saturated rings. The first-order valence-electron chi connectivity index (χ1n) is 6.66. The molecule has 2 aromatic rings. The van der Waals surface area contributed by atoms with Gasteiger partial charge in [0, 0.05) is 5.39 Å². The molecule has 0 unspecified atom stereocenters. The van der Waals surface area contributed by atoms with Crippen molar-refractivity contribution in [1.29, 1.82) is 0 Å². The van der Waals surface area contributed by atoms with E-state index in [1.807, 2.05) is 26.8 Å². The zero-order valence-corrected chi connectivity index (χ0v) is 13.2. The monoisotopic (exact) mass is 308 g/mol. The van der Waals surface area contributed by atoms with Crippen molar-refractivity contribution < 1.29 is 9.66 Å². The molecule has 21 heavy (non-hydrogen) atoms. The van der Waals surface area contributed by atoms with E-state index >= 15 is 0 Å². The fourth-order valence-electron chi connectivity index (χ4n) is 2.34. The van der Waals surface area contributed by atoms with E-state index in [0.717, 1.165) is 5.56 Å². The number of hydrogen-bond acceptors (Lipinski definition) is 4. The van der Waals surface area contributed by atoms with Crippen LogP contribution in [0.15, 0.2) is 12.1 Å². The number of benzene rings is 1. The summed E-state index contributed by atoms with van der Waals surface area (Å²) in [6, 6.07) is 3.53. The summed E-state index contributed by atoms with van der Waals surface area (Å²) in [6.07, 6.45) is 0.511. The van der Waals surface area contributed by atoms with Gasteiger partial charge in [0.05, 0.1) is 17.5 Å². The first-order valence-corrected chi connectivity index (χ1v) is 7.04. The van der Waals surface area contributed by atoms with E-state index in [9.17, 15) is 10.1 Å². The normalized spacial score (nSPS) is 11.1. The molecule has 0 amide bonds. The lowest BCUT2D eigenvalue weighted by Gasteiger charge is -2.12. The molecule has 0 spiro atoms. The number of hydrogen-bond donors (Lipinski definition) is 0. The Kier molecular flexibility index (Phi) is 4.32. The third kappa shape index (κ3) is 2.93. The van der Waals surface area contributed by atoms with Crippen molar-refractivity contribution in [1.82, 2.24) is 4.98 Å². The predicted molar refractivity (Wildman–Crippen MR) is 83.2 cm³/mol. The Balaban J connectivity index is 2.83. The fourth-order valence-corrected chi connectivity index (χ4v) is 2.66. The number of methoxy groups -OCH3 is 1. The standard InChI is InChI=1S/C15H17ClN2O3/c1-8(2)5-12-15(18(19)20)13(16)11-7-10(21-4)6-9(3)14(11)17-12/h6-8H,5H2,1-4H3. The molecule has 0 N–H and O–H groups in total. The van der Waals surface area contributed by atoms with Crippen LogP contribution in [0.5, 0.6) is 5.75 Å². The third-order valence-electron chi connectivity index (χ3n) is 3.26. The summed E-state index contributed by atoms with van der Waals surface area (Å²) < 4.78 is 5.20. The number of rotatable bonds is 4. The predicted octanol–water partition coefficient (Wildman–Crippen LogP) is 4.31. The Morgan fingerprint density at radius 1 is 1.43 bits per heavy atom. The number of nitrogens with zero attached hydrogens (tertiary/aromatic N) is 2. The average Bonchev–Trinajstić information content (AvgIpc) is 2.38. The first kappa shape index (κ1) is 15.5. The molecule has 5 nitrogen and oxygen atoms in total. The van der Waals surface area contributed by atoms with E-state index < -0.39 is 4.92 Å². The van der Waals surface area contributed by atoms with Crippen molar-refractivity contribution in [3.05, 3.63) is 38.5 Å². The number of aryl methyl sites for hydroxylation is 1. The average molecular weight is 309 g/mol. The maximum atomic E-state index is 11.4. The minimum Gasteiger partial charge on any atom is -0.497 e. The summed E-state index contributed by atoms with van der Waals surface area (Å²) in [5.41, 5.74) is 1.89. The van der Waals surface area contributed by atoms with Crippen LogP contribution in [0, 0.1) is 23.0 Å². The molecular formula is C15H17ClN2O3. The molecule has 1 aromatic heterocycles. The highest BCUT2D eigenvalue weighted by atomic mass is 35.5. The first-order chi connectivity index (χ1) is 9.85. The van der Waals surface area contributed by atoms with Gasteiger partial charge in [-0.25, -0.2) is 4.98 Å². The van der Waals surface area contributed by atoms with Gasteiger partial charge in [-0.2, -0.15) is 0 Å². The van der Waals surface area contributed by atoms with Gasteiger partial charge in [-0.1, -0.05) is 25.4 Å². The van der Waals surface area contributed by atoms with Gasteiger partial charge >= 0.3 is 5.69 Å². The van der Waals surface area contributed by atoms with Crippen LogP contribution in [-0.2, 0) is 6.42 Å². The zero-order chi connectivity index (χ0) is 15.7. The van der Waals surface area contributed by atoms with E-state index in [4.69, 9.17) is 16.3 Å². The Morgan fingerprint density at radius 3 is 2.62 bits per heavy atom. The second-order valence-electron chi connectivity index (χ2n) is 5.42. The van der Waals surface area contributed by atoms with Crippen LogP contribution in [0.3, 0.4) is 0 Å². The van der Waals surface area contributed by atoms with Gasteiger partial charge in [-0.05, 0) is 37.0 Å². The van der Waals surface area contributed by atoms with Gasteiger partial charge < -0.3 is 4.74 Å². The number of nitro groups is 1. The van der Waals surface area contributed by atoms with Crippen LogP contribution in [0.1, 0.15) is 25.1 Å². The Morgan fingerprint density at radius 2 is 2.10 bits per heavy atom. The van der Waals surface area contributed by atoms with Gasteiger partial charge in [-0.15, -0.1) is 0 Å². The van der Waals surface area contributed by atoms with Crippen molar-refractivity contribution >= 4 is 28.2 Å². The number of halogens is 1. The van der Waals surface area contributed by atoms with Crippen molar-refractivity contribution in [3.63, 3.8) is 0 Å². The highest BCUT2D eigenvalue weighted by molar-refractivity contribution is 6.37. The van der Waals surface area contributed by atoms with Crippen LogP contribution in [0.25, 0.3) is 10.9 Å².